The molecule has 1 fully saturated rings. The Labute approximate surface area is 56.1 Å². The van der Waals surface area contributed by atoms with Gasteiger partial charge in [-0.1, -0.05) is 10.8 Å². The molecule has 1 aliphatic heterocycles. The Morgan fingerprint density at radius 3 is 2.38 bits per heavy atom. The Balaban J connectivity index is 2.33. The van der Waals surface area contributed by atoms with Crippen LogP contribution in [0.15, 0.2) is 0 Å². The lowest BCUT2D eigenvalue weighted by Gasteiger charge is -2.23. The standard InChI is InChI=1S/C4H8O2S2/c5-4(6)2-1-3-7-8-4/h5-6H,1-3H2. The fourth-order valence-electron chi connectivity index (χ4n) is 0.539. The van der Waals surface area contributed by atoms with E-state index in [0.717, 1.165) is 23.0 Å². The molecule has 0 unspecified atom stereocenters. The van der Waals surface area contributed by atoms with Crippen molar-refractivity contribution in [1.82, 2.24) is 0 Å². The van der Waals surface area contributed by atoms with Crippen LogP contribution in [0.5, 0.6) is 0 Å². The first kappa shape index (κ1) is 6.74. The molecule has 0 radical (unpaired) electrons. The van der Waals surface area contributed by atoms with Crippen molar-refractivity contribution < 1.29 is 10.2 Å². The summed E-state index contributed by atoms with van der Waals surface area (Å²) in [7, 11) is 2.67. The first-order valence-corrected chi connectivity index (χ1v) is 4.78. The van der Waals surface area contributed by atoms with Gasteiger partial charge in [-0.3, -0.25) is 0 Å². The van der Waals surface area contributed by atoms with E-state index in [0.29, 0.717) is 6.42 Å². The third-order valence-electron chi connectivity index (χ3n) is 0.923. The highest BCUT2D eigenvalue weighted by Gasteiger charge is 2.26. The summed E-state index contributed by atoms with van der Waals surface area (Å²) < 4.78 is 0. The van der Waals surface area contributed by atoms with Gasteiger partial charge in [-0.15, -0.1) is 0 Å². The number of hydrogen-bond acceptors (Lipinski definition) is 4. The zero-order valence-corrected chi connectivity index (χ0v) is 5.97. The zero-order chi connectivity index (χ0) is 6.04. The second-order valence-electron chi connectivity index (χ2n) is 1.75. The second-order valence-corrected chi connectivity index (χ2v) is 4.42. The molecule has 2 N–H and O–H groups in total. The lowest BCUT2D eigenvalue weighted by atomic mass is 10.3. The summed E-state index contributed by atoms with van der Waals surface area (Å²) in [6, 6.07) is 0. The van der Waals surface area contributed by atoms with Gasteiger partial charge < -0.3 is 10.2 Å². The molecule has 1 heterocycles. The Morgan fingerprint density at radius 1 is 1.38 bits per heavy atom. The van der Waals surface area contributed by atoms with Crippen molar-refractivity contribution in [2.45, 2.75) is 18.0 Å². The minimum atomic E-state index is -1.44. The first-order chi connectivity index (χ1) is 3.71. The normalized spacial score (nSPS) is 27.8. The van der Waals surface area contributed by atoms with Crippen LogP contribution in [0.3, 0.4) is 0 Å². The minimum absolute atomic E-state index is 0.505. The van der Waals surface area contributed by atoms with Crippen LogP contribution < -0.4 is 0 Å². The van der Waals surface area contributed by atoms with E-state index in [1.54, 1.807) is 0 Å². The van der Waals surface area contributed by atoms with Crippen molar-refractivity contribution >= 4 is 21.6 Å². The summed E-state index contributed by atoms with van der Waals surface area (Å²) in [5.41, 5.74) is 0. The third-order valence-corrected chi connectivity index (χ3v) is 3.62. The summed E-state index contributed by atoms with van der Waals surface area (Å²) in [6.07, 6.45) is 1.41. The van der Waals surface area contributed by atoms with Gasteiger partial charge >= 0.3 is 0 Å². The van der Waals surface area contributed by atoms with Gasteiger partial charge in [0.05, 0.1) is 0 Å². The van der Waals surface area contributed by atoms with Gasteiger partial charge in [0.2, 0.25) is 5.12 Å². The predicted molar refractivity (Wildman–Crippen MR) is 36.5 cm³/mol. The lowest BCUT2D eigenvalue weighted by molar-refractivity contribution is -0.0805. The predicted octanol–water partition coefficient (Wildman–Crippen LogP) is 0.800. The number of hydrogen-bond donors (Lipinski definition) is 2. The molecule has 1 saturated heterocycles. The molecule has 2 nitrogen and oxygen atoms in total. The maximum atomic E-state index is 8.87. The van der Waals surface area contributed by atoms with E-state index in [9.17, 15) is 0 Å². The Morgan fingerprint density at radius 2 is 2.12 bits per heavy atom. The van der Waals surface area contributed by atoms with Gasteiger partial charge in [0.25, 0.3) is 0 Å². The fraction of sp³-hybridized carbons (Fsp3) is 1.00. The molecule has 0 spiro atoms. The van der Waals surface area contributed by atoms with Crippen LogP contribution in [0.4, 0.5) is 0 Å². The molecule has 0 aromatic rings. The Bertz CT molecular complexity index is 76.1. The van der Waals surface area contributed by atoms with Crippen molar-refractivity contribution in [3.8, 4) is 0 Å². The molecule has 0 aromatic heterocycles. The van der Waals surface area contributed by atoms with E-state index in [1.165, 1.54) is 10.8 Å². The largest absolute Gasteiger partial charge is 0.357 e. The average Bonchev–Trinajstić information content (AvgIpc) is 1.65. The number of rotatable bonds is 0. The topological polar surface area (TPSA) is 40.5 Å². The molecular weight excluding hydrogens is 144 g/mol. The van der Waals surface area contributed by atoms with Crippen LogP contribution in [0.2, 0.25) is 0 Å². The van der Waals surface area contributed by atoms with E-state index in [1.807, 2.05) is 0 Å². The molecule has 0 bridgehead atoms. The highest BCUT2D eigenvalue weighted by molar-refractivity contribution is 8.77. The third kappa shape index (κ3) is 1.85. The van der Waals surface area contributed by atoms with Gasteiger partial charge in [-0.2, -0.15) is 0 Å². The SMILES string of the molecule is OC1(O)CCCSS1. The summed E-state index contributed by atoms with van der Waals surface area (Å²) in [6.45, 7) is 0. The molecule has 1 aliphatic rings. The maximum Gasteiger partial charge on any atom is 0.223 e. The summed E-state index contributed by atoms with van der Waals surface area (Å²) >= 11 is 0. The van der Waals surface area contributed by atoms with E-state index in [4.69, 9.17) is 10.2 Å². The molecule has 0 aromatic carbocycles. The van der Waals surface area contributed by atoms with Gasteiger partial charge in [0.1, 0.15) is 0 Å². The van der Waals surface area contributed by atoms with Crippen LogP contribution >= 0.6 is 21.6 Å². The van der Waals surface area contributed by atoms with Crippen LogP contribution in [0.1, 0.15) is 12.8 Å². The molecule has 0 saturated carbocycles. The van der Waals surface area contributed by atoms with Crippen LogP contribution in [-0.4, -0.2) is 21.1 Å². The molecule has 4 heteroatoms. The lowest BCUT2D eigenvalue weighted by Crippen LogP contribution is -2.24. The van der Waals surface area contributed by atoms with Crippen molar-refractivity contribution in [2.75, 3.05) is 5.75 Å². The van der Waals surface area contributed by atoms with E-state index >= 15 is 0 Å². The van der Waals surface area contributed by atoms with Gasteiger partial charge in [-0.05, 0) is 17.2 Å². The first-order valence-electron chi connectivity index (χ1n) is 2.46. The summed E-state index contributed by atoms with van der Waals surface area (Å²) in [5, 5.41) is 16.3. The van der Waals surface area contributed by atoms with Gasteiger partial charge in [0, 0.05) is 12.2 Å². The molecule has 0 amide bonds. The summed E-state index contributed by atoms with van der Waals surface area (Å²) in [5.74, 6) is 1.04. The van der Waals surface area contributed by atoms with E-state index in [2.05, 4.69) is 0 Å². The van der Waals surface area contributed by atoms with Gasteiger partial charge in [0.15, 0.2) is 0 Å². The molecule has 0 aliphatic carbocycles. The highest BCUT2D eigenvalue weighted by Crippen LogP contribution is 2.40. The van der Waals surface area contributed by atoms with E-state index < -0.39 is 5.12 Å². The molecule has 48 valence electrons. The fourth-order valence-corrected chi connectivity index (χ4v) is 2.72. The molecule has 8 heavy (non-hydrogen) atoms. The van der Waals surface area contributed by atoms with Crippen LogP contribution in [-0.2, 0) is 0 Å². The van der Waals surface area contributed by atoms with Crippen molar-refractivity contribution in [1.29, 1.82) is 0 Å². The number of aliphatic hydroxyl groups is 2. The zero-order valence-electron chi connectivity index (χ0n) is 4.33. The smallest absolute Gasteiger partial charge is 0.223 e. The summed E-state index contributed by atoms with van der Waals surface area (Å²) in [4.78, 5) is 0. The van der Waals surface area contributed by atoms with Crippen molar-refractivity contribution in [3.63, 3.8) is 0 Å². The molecule has 1 rings (SSSR count). The van der Waals surface area contributed by atoms with Crippen molar-refractivity contribution in [3.05, 3.63) is 0 Å². The van der Waals surface area contributed by atoms with E-state index in [-0.39, 0.29) is 0 Å². The Hall–Kier alpha value is 0.620. The van der Waals surface area contributed by atoms with Crippen LogP contribution in [0.25, 0.3) is 0 Å². The second kappa shape index (κ2) is 2.47. The average molecular weight is 152 g/mol. The molecular formula is C4H8O2S2. The minimum Gasteiger partial charge on any atom is -0.357 e. The monoisotopic (exact) mass is 152 g/mol. The maximum absolute atomic E-state index is 8.87. The Kier molecular flexibility index (Phi) is 2.08. The van der Waals surface area contributed by atoms with Crippen LogP contribution in [0, 0.1) is 0 Å². The highest BCUT2D eigenvalue weighted by atomic mass is 33.1. The quantitative estimate of drug-likeness (QED) is 0.398. The molecule has 0 atom stereocenters. The van der Waals surface area contributed by atoms with Crippen molar-refractivity contribution in [2.24, 2.45) is 0 Å². The van der Waals surface area contributed by atoms with Gasteiger partial charge in [-0.25, -0.2) is 0 Å².